The van der Waals surface area contributed by atoms with Crippen molar-refractivity contribution in [3.63, 3.8) is 0 Å². The first-order chi connectivity index (χ1) is 23.6. The Kier molecular flexibility index (Phi) is 6.60. The van der Waals surface area contributed by atoms with Crippen LogP contribution in [0.2, 0.25) is 0 Å². The topological polar surface area (TPSA) is 3.24 Å². The maximum atomic E-state index is 2.54. The van der Waals surface area contributed by atoms with Gasteiger partial charge in [-0.25, -0.2) is 0 Å². The normalized spacial score (nSPS) is 15.2. The van der Waals surface area contributed by atoms with Crippen LogP contribution in [0.25, 0.3) is 33.4 Å². The molecule has 0 bridgehead atoms. The number of fused-ring (bicyclic) bond motifs is 9. The smallest absolute Gasteiger partial charge is 0.0465 e. The van der Waals surface area contributed by atoms with E-state index in [0.717, 1.165) is 32.1 Å². The highest BCUT2D eigenvalue weighted by Gasteiger charge is 2.42. The standard InChI is InChI=1S/C47H43N/c1-5-46(6-2)42-19-13-11-17-38(42)40-25-22-34(29-44(40)46)48(33-21-24-37-32(28-33)27-31-15-9-10-16-36(31)37)35-23-26-41-39-18-12-14-20-43(39)47(7-3,8-4)45(41)30-35/h9-26,28-30H,5-8,27H2,1-4H3. The lowest BCUT2D eigenvalue weighted by Gasteiger charge is -2.33. The number of nitrogens with zero attached hydrogens (tertiary/aromatic N) is 1. The molecule has 0 radical (unpaired) electrons. The largest absolute Gasteiger partial charge is 0.310 e. The van der Waals surface area contributed by atoms with Gasteiger partial charge in [-0.15, -0.1) is 0 Å². The summed E-state index contributed by atoms with van der Waals surface area (Å²) in [6, 6.07) is 48.9. The molecular weight excluding hydrogens is 579 g/mol. The minimum Gasteiger partial charge on any atom is -0.310 e. The molecule has 0 saturated heterocycles. The summed E-state index contributed by atoms with van der Waals surface area (Å²) in [5.74, 6) is 0. The Morgan fingerprint density at radius 2 is 0.792 bits per heavy atom. The Labute approximate surface area is 285 Å². The van der Waals surface area contributed by atoms with Crippen molar-refractivity contribution in [3.8, 4) is 33.4 Å². The second kappa shape index (κ2) is 10.8. The number of hydrogen-bond acceptors (Lipinski definition) is 1. The van der Waals surface area contributed by atoms with E-state index < -0.39 is 0 Å². The number of benzene rings is 6. The molecule has 9 rings (SSSR count). The summed E-state index contributed by atoms with van der Waals surface area (Å²) in [5.41, 5.74) is 20.8. The van der Waals surface area contributed by atoms with Gasteiger partial charge in [0.2, 0.25) is 0 Å². The first-order valence-electron chi connectivity index (χ1n) is 18.1. The Morgan fingerprint density at radius 1 is 0.396 bits per heavy atom. The third-order valence-corrected chi connectivity index (χ3v) is 12.5. The fourth-order valence-electron chi connectivity index (χ4n) is 9.91. The highest BCUT2D eigenvalue weighted by molar-refractivity contribution is 5.89. The van der Waals surface area contributed by atoms with Crippen molar-refractivity contribution in [2.24, 2.45) is 0 Å². The lowest BCUT2D eigenvalue weighted by molar-refractivity contribution is 0.490. The van der Waals surface area contributed by atoms with Gasteiger partial charge < -0.3 is 4.90 Å². The first-order valence-corrected chi connectivity index (χ1v) is 18.1. The summed E-state index contributed by atoms with van der Waals surface area (Å²) < 4.78 is 0. The third kappa shape index (κ3) is 3.85. The van der Waals surface area contributed by atoms with Crippen molar-refractivity contribution in [3.05, 3.63) is 161 Å². The first kappa shape index (κ1) is 29.3. The van der Waals surface area contributed by atoms with E-state index in [0.29, 0.717) is 0 Å². The Morgan fingerprint density at radius 3 is 1.31 bits per heavy atom. The van der Waals surface area contributed by atoms with Gasteiger partial charge in [0, 0.05) is 27.9 Å². The van der Waals surface area contributed by atoms with Gasteiger partial charge in [0.05, 0.1) is 0 Å². The lowest BCUT2D eigenvalue weighted by atomic mass is 9.73. The summed E-state index contributed by atoms with van der Waals surface area (Å²) in [7, 11) is 0. The molecule has 0 aromatic heterocycles. The average molecular weight is 622 g/mol. The summed E-state index contributed by atoms with van der Waals surface area (Å²) >= 11 is 0. The fraction of sp³-hybridized carbons (Fsp3) is 0.234. The highest BCUT2D eigenvalue weighted by atomic mass is 15.1. The van der Waals surface area contributed by atoms with Crippen molar-refractivity contribution >= 4 is 17.1 Å². The molecule has 6 aromatic carbocycles. The summed E-state index contributed by atoms with van der Waals surface area (Å²) in [6.45, 7) is 9.47. The van der Waals surface area contributed by atoms with Crippen molar-refractivity contribution in [2.45, 2.75) is 70.6 Å². The minimum atomic E-state index is 0.0202. The van der Waals surface area contributed by atoms with Crippen LogP contribution >= 0.6 is 0 Å². The van der Waals surface area contributed by atoms with E-state index in [1.165, 1.54) is 83.8 Å². The predicted molar refractivity (Wildman–Crippen MR) is 203 cm³/mol. The predicted octanol–water partition coefficient (Wildman–Crippen LogP) is 12.9. The van der Waals surface area contributed by atoms with E-state index in [1.807, 2.05) is 0 Å². The zero-order valence-corrected chi connectivity index (χ0v) is 28.6. The number of hydrogen-bond donors (Lipinski definition) is 0. The maximum absolute atomic E-state index is 2.54. The summed E-state index contributed by atoms with van der Waals surface area (Å²) in [6.07, 6.45) is 5.32. The van der Waals surface area contributed by atoms with Crippen LogP contribution in [0.3, 0.4) is 0 Å². The molecule has 0 saturated carbocycles. The van der Waals surface area contributed by atoms with Gasteiger partial charge in [-0.05, 0) is 135 Å². The van der Waals surface area contributed by atoms with Crippen molar-refractivity contribution < 1.29 is 0 Å². The third-order valence-electron chi connectivity index (χ3n) is 12.5. The van der Waals surface area contributed by atoms with Gasteiger partial charge in [-0.1, -0.05) is 119 Å². The monoisotopic (exact) mass is 621 g/mol. The molecule has 0 atom stereocenters. The van der Waals surface area contributed by atoms with Crippen LogP contribution in [0, 0.1) is 0 Å². The number of anilines is 3. The molecule has 3 aliphatic rings. The van der Waals surface area contributed by atoms with E-state index in [9.17, 15) is 0 Å². The van der Waals surface area contributed by atoms with E-state index in [2.05, 4.69) is 160 Å². The van der Waals surface area contributed by atoms with Crippen LogP contribution in [0.5, 0.6) is 0 Å². The molecule has 0 spiro atoms. The molecule has 0 N–H and O–H groups in total. The molecule has 1 heteroatoms. The zero-order valence-electron chi connectivity index (χ0n) is 28.6. The van der Waals surface area contributed by atoms with Crippen LogP contribution < -0.4 is 4.90 Å². The minimum absolute atomic E-state index is 0.0202. The molecule has 0 fully saturated rings. The molecule has 0 aliphatic heterocycles. The van der Waals surface area contributed by atoms with Gasteiger partial charge in [0.1, 0.15) is 0 Å². The van der Waals surface area contributed by atoms with E-state index in [1.54, 1.807) is 0 Å². The van der Waals surface area contributed by atoms with Crippen LogP contribution in [0.1, 0.15) is 86.8 Å². The molecular formula is C47H43N. The lowest BCUT2D eigenvalue weighted by Crippen LogP contribution is -2.24. The average Bonchev–Trinajstić information content (AvgIpc) is 3.75. The van der Waals surface area contributed by atoms with Crippen molar-refractivity contribution in [1.29, 1.82) is 0 Å². The van der Waals surface area contributed by atoms with Crippen LogP contribution in [-0.2, 0) is 17.3 Å². The quantitative estimate of drug-likeness (QED) is 0.171. The highest BCUT2D eigenvalue weighted by Crippen LogP contribution is 2.56. The van der Waals surface area contributed by atoms with E-state index in [-0.39, 0.29) is 10.8 Å². The molecule has 48 heavy (non-hydrogen) atoms. The van der Waals surface area contributed by atoms with E-state index >= 15 is 0 Å². The SMILES string of the molecule is CCC1(CC)c2ccccc2-c2ccc(N(c3ccc4c(c3)Cc3ccccc3-4)c3ccc4c(c3)C(CC)(CC)c3ccccc3-4)cc21. The zero-order chi connectivity index (χ0) is 32.6. The summed E-state index contributed by atoms with van der Waals surface area (Å²) in [5, 5.41) is 0. The molecule has 1 nitrogen and oxygen atoms in total. The second-order valence-corrected chi connectivity index (χ2v) is 14.1. The molecule has 3 aliphatic carbocycles. The molecule has 0 heterocycles. The molecule has 6 aromatic rings. The second-order valence-electron chi connectivity index (χ2n) is 14.1. The van der Waals surface area contributed by atoms with E-state index in [4.69, 9.17) is 0 Å². The Bertz CT molecular complexity index is 2120. The van der Waals surface area contributed by atoms with Gasteiger partial charge in [-0.3, -0.25) is 0 Å². The van der Waals surface area contributed by atoms with Crippen LogP contribution in [0.4, 0.5) is 17.1 Å². The van der Waals surface area contributed by atoms with Gasteiger partial charge in [-0.2, -0.15) is 0 Å². The van der Waals surface area contributed by atoms with Gasteiger partial charge in [0.25, 0.3) is 0 Å². The van der Waals surface area contributed by atoms with Crippen molar-refractivity contribution in [2.75, 3.05) is 4.90 Å². The molecule has 0 unspecified atom stereocenters. The van der Waals surface area contributed by atoms with Crippen LogP contribution in [0.15, 0.2) is 127 Å². The van der Waals surface area contributed by atoms with Gasteiger partial charge >= 0.3 is 0 Å². The fourth-order valence-corrected chi connectivity index (χ4v) is 9.91. The van der Waals surface area contributed by atoms with Crippen LogP contribution in [-0.4, -0.2) is 0 Å². The Balaban J connectivity index is 1.26. The van der Waals surface area contributed by atoms with Crippen molar-refractivity contribution in [1.82, 2.24) is 0 Å². The molecule has 236 valence electrons. The van der Waals surface area contributed by atoms with Gasteiger partial charge in [0.15, 0.2) is 0 Å². The summed E-state index contributed by atoms with van der Waals surface area (Å²) in [4.78, 5) is 2.54. The molecule has 0 amide bonds. The maximum Gasteiger partial charge on any atom is 0.0465 e. The number of rotatable bonds is 7. The Hall–Kier alpha value is -4.88.